The molecule has 1 rings (SSSR count). The SMILES string of the molecule is CC(C)(C)C1CCCCCCCC1(C)C. The van der Waals surface area contributed by atoms with Gasteiger partial charge in [-0.2, -0.15) is 0 Å². The molecule has 1 aliphatic rings. The van der Waals surface area contributed by atoms with Crippen LogP contribution in [0.4, 0.5) is 0 Å². The van der Waals surface area contributed by atoms with E-state index in [0.29, 0.717) is 10.8 Å². The minimum atomic E-state index is 0.480. The van der Waals surface area contributed by atoms with Gasteiger partial charge >= 0.3 is 0 Å². The Labute approximate surface area is 96.8 Å². The summed E-state index contributed by atoms with van der Waals surface area (Å²) in [5, 5.41) is 0. The summed E-state index contributed by atoms with van der Waals surface area (Å²) in [5.74, 6) is 0.892. The Hall–Kier alpha value is 0. The molecule has 0 amide bonds. The summed E-state index contributed by atoms with van der Waals surface area (Å²) in [4.78, 5) is 0. The topological polar surface area (TPSA) is 0 Å². The van der Waals surface area contributed by atoms with E-state index >= 15 is 0 Å². The molecule has 0 bridgehead atoms. The van der Waals surface area contributed by atoms with E-state index in [1.165, 1.54) is 44.9 Å². The molecule has 0 heterocycles. The van der Waals surface area contributed by atoms with Crippen LogP contribution in [0.2, 0.25) is 0 Å². The van der Waals surface area contributed by atoms with Crippen LogP contribution in [-0.2, 0) is 0 Å². The van der Waals surface area contributed by atoms with Crippen molar-refractivity contribution in [1.82, 2.24) is 0 Å². The number of rotatable bonds is 0. The van der Waals surface area contributed by atoms with Gasteiger partial charge in [-0.3, -0.25) is 0 Å². The summed E-state index contributed by atoms with van der Waals surface area (Å²) in [6.07, 6.45) is 10.1. The standard InChI is InChI=1S/C15H30/c1-14(2,3)13-11-9-7-6-8-10-12-15(13,4)5/h13H,6-12H2,1-5H3. The van der Waals surface area contributed by atoms with Crippen LogP contribution in [0.25, 0.3) is 0 Å². The van der Waals surface area contributed by atoms with Crippen LogP contribution in [0.5, 0.6) is 0 Å². The van der Waals surface area contributed by atoms with Crippen molar-refractivity contribution in [1.29, 1.82) is 0 Å². The van der Waals surface area contributed by atoms with Crippen LogP contribution in [0.15, 0.2) is 0 Å². The summed E-state index contributed by atoms with van der Waals surface area (Å²) in [6, 6.07) is 0. The van der Waals surface area contributed by atoms with E-state index in [1.807, 2.05) is 0 Å². The first-order chi connectivity index (χ1) is 6.84. The quantitative estimate of drug-likeness (QED) is 0.501. The average molecular weight is 210 g/mol. The van der Waals surface area contributed by atoms with Gasteiger partial charge in [0.15, 0.2) is 0 Å². The molecule has 0 saturated heterocycles. The molecular formula is C15H30. The molecule has 0 aliphatic heterocycles. The molecule has 0 heteroatoms. The second kappa shape index (κ2) is 4.89. The zero-order valence-electron chi connectivity index (χ0n) is 11.5. The molecule has 15 heavy (non-hydrogen) atoms. The Morgan fingerprint density at radius 3 is 2.00 bits per heavy atom. The second-order valence-electron chi connectivity index (χ2n) is 7.21. The average Bonchev–Trinajstić information content (AvgIpc) is 2.13. The predicted octanol–water partition coefficient (Wildman–Crippen LogP) is 5.42. The van der Waals surface area contributed by atoms with Crippen LogP contribution in [0.3, 0.4) is 0 Å². The van der Waals surface area contributed by atoms with Gasteiger partial charge in [0.25, 0.3) is 0 Å². The lowest BCUT2D eigenvalue weighted by molar-refractivity contribution is 0.0684. The minimum absolute atomic E-state index is 0.480. The summed E-state index contributed by atoms with van der Waals surface area (Å²) in [5.41, 5.74) is 1.02. The number of hydrogen-bond acceptors (Lipinski definition) is 0. The van der Waals surface area contributed by atoms with Crippen molar-refractivity contribution in [3.05, 3.63) is 0 Å². The van der Waals surface area contributed by atoms with Gasteiger partial charge in [0.05, 0.1) is 0 Å². The first kappa shape index (κ1) is 13.1. The third-order valence-electron chi connectivity index (χ3n) is 4.30. The first-order valence-corrected chi connectivity index (χ1v) is 6.84. The van der Waals surface area contributed by atoms with Crippen molar-refractivity contribution >= 4 is 0 Å². The lowest BCUT2D eigenvalue weighted by Crippen LogP contribution is -2.34. The molecule has 90 valence electrons. The third-order valence-corrected chi connectivity index (χ3v) is 4.30. The molecule has 1 atom stereocenters. The van der Waals surface area contributed by atoms with Gasteiger partial charge in [-0.25, -0.2) is 0 Å². The van der Waals surface area contributed by atoms with Crippen molar-refractivity contribution in [2.45, 2.75) is 79.6 Å². The number of hydrogen-bond donors (Lipinski definition) is 0. The van der Waals surface area contributed by atoms with Crippen LogP contribution in [-0.4, -0.2) is 0 Å². The van der Waals surface area contributed by atoms with E-state index in [0.717, 1.165) is 5.92 Å². The molecule has 1 fully saturated rings. The summed E-state index contributed by atoms with van der Waals surface area (Å²) in [7, 11) is 0. The van der Waals surface area contributed by atoms with Crippen LogP contribution in [0, 0.1) is 16.7 Å². The zero-order chi connectivity index (χ0) is 11.5. The molecule has 1 unspecified atom stereocenters. The molecule has 0 N–H and O–H groups in total. The fourth-order valence-electron chi connectivity index (χ4n) is 3.63. The minimum Gasteiger partial charge on any atom is -0.0599 e. The van der Waals surface area contributed by atoms with Crippen molar-refractivity contribution in [2.75, 3.05) is 0 Å². The lowest BCUT2D eigenvalue weighted by atomic mass is 9.62. The van der Waals surface area contributed by atoms with Gasteiger partial charge in [0.2, 0.25) is 0 Å². The smallest absolute Gasteiger partial charge is 0.0314 e. The van der Waals surface area contributed by atoms with Crippen LogP contribution in [0.1, 0.15) is 79.6 Å². The van der Waals surface area contributed by atoms with E-state index in [1.54, 1.807) is 0 Å². The Balaban J connectivity index is 2.76. The molecule has 0 aromatic heterocycles. The van der Waals surface area contributed by atoms with Crippen molar-refractivity contribution in [3.8, 4) is 0 Å². The molecule has 0 radical (unpaired) electrons. The highest BCUT2D eigenvalue weighted by Gasteiger charge is 2.37. The first-order valence-electron chi connectivity index (χ1n) is 6.84. The van der Waals surface area contributed by atoms with E-state index in [-0.39, 0.29) is 0 Å². The van der Waals surface area contributed by atoms with Gasteiger partial charge < -0.3 is 0 Å². The predicted molar refractivity (Wildman–Crippen MR) is 69.0 cm³/mol. The Morgan fingerprint density at radius 1 is 0.867 bits per heavy atom. The van der Waals surface area contributed by atoms with Crippen molar-refractivity contribution in [3.63, 3.8) is 0 Å². The third kappa shape index (κ3) is 3.81. The maximum Gasteiger partial charge on any atom is -0.0314 e. The lowest BCUT2D eigenvalue weighted by Gasteiger charge is -2.43. The van der Waals surface area contributed by atoms with Gasteiger partial charge in [-0.15, -0.1) is 0 Å². The van der Waals surface area contributed by atoms with Crippen molar-refractivity contribution < 1.29 is 0 Å². The normalized spacial score (nSPS) is 29.0. The van der Waals surface area contributed by atoms with Gasteiger partial charge in [-0.1, -0.05) is 66.7 Å². The molecule has 0 spiro atoms. The van der Waals surface area contributed by atoms with E-state index in [9.17, 15) is 0 Å². The Kier molecular flexibility index (Phi) is 4.26. The highest BCUT2D eigenvalue weighted by Crippen LogP contribution is 2.46. The highest BCUT2D eigenvalue weighted by atomic mass is 14.4. The zero-order valence-corrected chi connectivity index (χ0v) is 11.5. The maximum atomic E-state index is 2.49. The molecule has 0 aromatic rings. The van der Waals surface area contributed by atoms with Gasteiger partial charge in [0, 0.05) is 0 Å². The second-order valence-corrected chi connectivity index (χ2v) is 7.21. The van der Waals surface area contributed by atoms with E-state index < -0.39 is 0 Å². The monoisotopic (exact) mass is 210 g/mol. The van der Waals surface area contributed by atoms with Crippen LogP contribution < -0.4 is 0 Å². The Morgan fingerprint density at radius 2 is 1.40 bits per heavy atom. The largest absolute Gasteiger partial charge is 0.0599 e. The fourth-order valence-corrected chi connectivity index (χ4v) is 3.63. The van der Waals surface area contributed by atoms with Crippen molar-refractivity contribution in [2.24, 2.45) is 16.7 Å². The molecular weight excluding hydrogens is 180 g/mol. The Bertz CT molecular complexity index is 183. The van der Waals surface area contributed by atoms with Gasteiger partial charge in [-0.05, 0) is 29.6 Å². The summed E-state index contributed by atoms with van der Waals surface area (Å²) in [6.45, 7) is 12.3. The maximum absolute atomic E-state index is 2.49. The molecule has 0 nitrogen and oxygen atoms in total. The van der Waals surface area contributed by atoms with E-state index in [4.69, 9.17) is 0 Å². The summed E-state index contributed by atoms with van der Waals surface area (Å²) < 4.78 is 0. The van der Waals surface area contributed by atoms with Crippen LogP contribution >= 0.6 is 0 Å². The highest BCUT2D eigenvalue weighted by molar-refractivity contribution is 4.87. The molecule has 1 aliphatic carbocycles. The van der Waals surface area contributed by atoms with E-state index in [2.05, 4.69) is 34.6 Å². The molecule has 1 saturated carbocycles. The molecule has 0 aromatic carbocycles. The fraction of sp³-hybridized carbons (Fsp3) is 1.00. The summed E-state index contributed by atoms with van der Waals surface area (Å²) >= 11 is 0. The van der Waals surface area contributed by atoms with Gasteiger partial charge in [0.1, 0.15) is 0 Å².